The summed E-state index contributed by atoms with van der Waals surface area (Å²) in [5.41, 5.74) is 2.38. The lowest BCUT2D eigenvalue weighted by atomic mass is 9.97. The van der Waals surface area contributed by atoms with Crippen molar-refractivity contribution in [2.45, 2.75) is 19.9 Å². The molecule has 21 heavy (non-hydrogen) atoms. The Balaban J connectivity index is 2.55. The molecule has 5 heteroatoms. The summed E-state index contributed by atoms with van der Waals surface area (Å²) in [6.07, 6.45) is 0. The van der Waals surface area contributed by atoms with E-state index >= 15 is 0 Å². The minimum absolute atomic E-state index is 0.325. The lowest BCUT2D eigenvalue weighted by molar-refractivity contribution is 0.558. The SMILES string of the molecule is CCNC(c1cc(Cl)c(Br)cc1F)c1ccc(C)cc1Cl. The van der Waals surface area contributed by atoms with Crippen LogP contribution in [0.3, 0.4) is 0 Å². The fourth-order valence-corrected chi connectivity index (χ4v) is 3.05. The molecule has 0 saturated carbocycles. The lowest BCUT2D eigenvalue weighted by Gasteiger charge is -2.21. The molecular formula is C16H15BrCl2FN. The fraction of sp³-hybridized carbons (Fsp3) is 0.250. The molecule has 1 unspecified atom stereocenters. The molecular weight excluding hydrogens is 376 g/mol. The molecule has 1 nitrogen and oxygen atoms in total. The van der Waals surface area contributed by atoms with E-state index in [1.165, 1.54) is 6.07 Å². The number of hydrogen-bond donors (Lipinski definition) is 1. The second-order valence-corrected chi connectivity index (χ2v) is 6.47. The molecule has 1 N–H and O–H groups in total. The Hall–Kier alpha value is -0.610. The first-order valence-electron chi connectivity index (χ1n) is 6.58. The normalized spacial score (nSPS) is 12.5. The fourth-order valence-electron chi connectivity index (χ4n) is 2.22. The maximum absolute atomic E-state index is 14.3. The predicted octanol–water partition coefficient (Wildman–Crippen LogP) is 5.90. The summed E-state index contributed by atoms with van der Waals surface area (Å²) in [5.74, 6) is -0.325. The van der Waals surface area contributed by atoms with Gasteiger partial charge in [-0.2, -0.15) is 0 Å². The van der Waals surface area contributed by atoms with Crippen molar-refractivity contribution >= 4 is 39.1 Å². The number of nitrogens with one attached hydrogen (secondary N) is 1. The summed E-state index contributed by atoms with van der Waals surface area (Å²) >= 11 is 15.7. The Morgan fingerprint density at radius 3 is 2.48 bits per heavy atom. The van der Waals surface area contributed by atoms with Gasteiger partial charge in [0.25, 0.3) is 0 Å². The molecule has 0 heterocycles. The van der Waals surface area contributed by atoms with Crippen LogP contribution in [0.4, 0.5) is 4.39 Å². The molecule has 0 bridgehead atoms. The Kier molecular flexibility index (Phi) is 5.67. The van der Waals surface area contributed by atoms with Crippen LogP contribution in [0.15, 0.2) is 34.8 Å². The summed E-state index contributed by atoms with van der Waals surface area (Å²) < 4.78 is 14.9. The van der Waals surface area contributed by atoms with E-state index in [4.69, 9.17) is 23.2 Å². The number of benzene rings is 2. The third-order valence-electron chi connectivity index (χ3n) is 3.23. The monoisotopic (exact) mass is 389 g/mol. The maximum atomic E-state index is 14.3. The van der Waals surface area contributed by atoms with Gasteiger partial charge in [-0.1, -0.05) is 42.3 Å². The molecule has 0 aromatic heterocycles. The van der Waals surface area contributed by atoms with Crippen LogP contribution >= 0.6 is 39.1 Å². The van der Waals surface area contributed by atoms with Crippen molar-refractivity contribution < 1.29 is 4.39 Å². The Bertz CT molecular complexity index is 661. The van der Waals surface area contributed by atoms with Gasteiger partial charge in [-0.05, 0) is 58.7 Å². The van der Waals surface area contributed by atoms with E-state index in [2.05, 4.69) is 21.2 Å². The zero-order valence-electron chi connectivity index (χ0n) is 11.7. The highest BCUT2D eigenvalue weighted by Crippen LogP contribution is 2.34. The molecule has 2 aromatic rings. The first-order chi connectivity index (χ1) is 9.93. The van der Waals surface area contributed by atoms with Gasteiger partial charge in [0.05, 0.1) is 11.1 Å². The summed E-state index contributed by atoms with van der Waals surface area (Å²) in [7, 11) is 0. The van der Waals surface area contributed by atoms with E-state index in [1.807, 2.05) is 32.0 Å². The third kappa shape index (κ3) is 3.78. The molecule has 0 saturated heterocycles. The van der Waals surface area contributed by atoms with Crippen molar-refractivity contribution in [1.82, 2.24) is 5.32 Å². The minimum atomic E-state index is -0.339. The third-order valence-corrected chi connectivity index (χ3v) is 4.75. The minimum Gasteiger partial charge on any atom is -0.306 e. The van der Waals surface area contributed by atoms with Crippen LogP contribution in [0.1, 0.15) is 29.7 Å². The van der Waals surface area contributed by atoms with Crippen LogP contribution in [-0.2, 0) is 0 Å². The topological polar surface area (TPSA) is 12.0 Å². The molecule has 1 atom stereocenters. The van der Waals surface area contributed by atoms with Crippen LogP contribution in [0.25, 0.3) is 0 Å². The smallest absolute Gasteiger partial charge is 0.129 e. The van der Waals surface area contributed by atoms with Crippen LogP contribution in [0.2, 0.25) is 10.0 Å². The summed E-state index contributed by atoms with van der Waals surface area (Å²) in [6.45, 7) is 4.62. The van der Waals surface area contributed by atoms with Crippen molar-refractivity contribution in [1.29, 1.82) is 0 Å². The van der Waals surface area contributed by atoms with E-state index < -0.39 is 0 Å². The second kappa shape index (κ2) is 7.10. The molecule has 0 fully saturated rings. The number of halogens is 4. The van der Waals surface area contributed by atoms with Gasteiger partial charge in [0.2, 0.25) is 0 Å². The summed E-state index contributed by atoms with van der Waals surface area (Å²) in [4.78, 5) is 0. The molecule has 2 aromatic carbocycles. The van der Waals surface area contributed by atoms with Crippen LogP contribution in [-0.4, -0.2) is 6.54 Å². The van der Waals surface area contributed by atoms with Crippen molar-refractivity contribution in [3.63, 3.8) is 0 Å². The van der Waals surface area contributed by atoms with E-state index in [1.54, 1.807) is 6.07 Å². The molecule has 0 amide bonds. The molecule has 0 aliphatic rings. The standard InChI is InChI=1S/C16H15BrCl2FN/c1-3-21-16(10-5-4-9(2)6-13(10)18)11-7-14(19)12(17)8-15(11)20/h4-8,16,21H,3H2,1-2H3. The summed E-state index contributed by atoms with van der Waals surface area (Å²) in [6, 6.07) is 8.42. The highest BCUT2D eigenvalue weighted by Gasteiger charge is 2.21. The number of hydrogen-bond acceptors (Lipinski definition) is 1. The number of aryl methyl sites for hydroxylation is 1. The van der Waals surface area contributed by atoms with Gasteiger partial charge in [-0.25, -0.2) is 4.39 Å². The van der Waals surface area contributed by atoms with Gasteiger partial charge in [0.15, 0.2) is 0 Å². The molecule has 0 spiro atoms. The van der Waals surface area contributed by atoms with Gasteiger partial charge >= 0.3 is 0 Å². The van der Waals surface area contributed by atoms with Gasteiger partial charge in [0.1, 0.15) is 5.82 Å². The predicted molar refractivity (Wildman–Crippen MR) is 90.8 cm³/mol. The quantitative estimate of drug-likeness (QED) is 0.640. The van der Waals surface area contributed by atoms with Gasteiger partial charge in [-0.15, -0.1) is 0 Å². The van der Waals surface area contributed by atoms with Crippen molar-refractivity contribution in [2.75, 3.05) is 6.54 Å². The van der Waals surface area contributed by atoms with Crippen molar-refractivity contribution in [3.8, 4) is 0 Å². The zero-order chi connectivity index (χ0) is 15.6. The van der Waals surface area contributed by atoms with Crippen LogP contribution in [0, 0.1) is 12.7 Å². The van der Waals surface area contributed by atoms with Gasteiger partial charge in [0, 0.05) is 15.1 Å². The van der Waals surface area contributed by atoms with E-state index in [-0.39, 0.29) is 11.9 Å². The highest BCUT2D eigenvalue weighted by molar-refractivity contribution is 9.10. The Labute approximate surface area is 142 Å². The Morgan fingerprint density at radius 2 is 1.86 bits per heavy atom. The first-order valence-corrected chi connectivity index (χ1v) is 8.12. The number of rotatable bonds is 4. The molecule has 0 aliphatic heterocycles. The van der Waals surface area contributed by atoms with Gasteiger partial charge in [-0.3, -0.25) is 0 Å². The first kappa shape index (κ1) is 16.8. The van der Waals surface area contributed by atoms with Crippen LogP contribution < -0.4 is 5.32 Å². The van der Waals surface area contributed by atoms with Crippen molar-refractivity contribution in [3.05, 3.63) is 67.4 Å². The van der Waals surface area contributed by atoms with E-state index in [0.717, 1.165) is 11.1 Å². The van der Waals surface area contributed by atoms with E-state index in [0.29, 0.717) is 26.6 Å². The molecule has 0 radical (unpaired) electrons. The van der Waals surface area contributed by atoms with E-state index in [9.17, 15) is 4.39 Å². The van der Waals surface area contributed by atoms with Crippen LogP contribution in [0.5, 0.6) is 0 Å². The highest BCUT2D eigenvalue weighted by atomic mass is 79.9. The average Bonchev–Trinajstić information content (AvgIpc) is 2.41. The largest absolute Gasteiger partial charge is 0.306 e. The average molecular weight is 391 g/mol. The molecule has 0 aliphatic carbocycles. The second-order valence-electron chi connectivity index (χ2n) is 4.80. The Morgan fingerprint density at radius 1 is 1.14 bits per heavy atom. The summed E-state index contributed by atoms with van der Waals surface area (Å²) in [5, 5.41) is 4.35. The maximum Gasteiger partial charge on any atom is 0.129 e. The van der Waals surface area contributed by atoms with Gasteiger partial charge < -0.3 is 5.32 Å². The zero-order valence-corrected chi connectivity index (χ0v) is 14.8. The molecule has 2 rings (SSSR count). The lowest BCUT2D eigenvalue weighted by Crippen LogP contribution is -2.23. The van der Waals surface area contributed by atoms with Crippen molar-refractivity contribution in [2.24, 2.45) is 0 Å². The molecule has 112 valence electrons.